The Morgan fingerprint density at radius 2 is 2.00 bits per heavy atom. The molecule has 1 aromatic carbocycles. The van der Waals surface area contributed by atoms with Gasteiger partial charge in [-0.15, -0.1) is 0 Å². The van der Waals surface area contributed by atoms with Crippen LogP contribution in [-0.2, 0) is 18.0 Å². The number of carbonyl (C=O) groups is 1. The summed E-state index contributed by atoms with van der Waals surface area (Å²) in [6, 6.07) is 1.19. The van der Waals surface area contributed by atoms with Gasteiger partial charge in [-0.25, -0.2) is 9.37 Å². The van der Waals surface area contributed by atoms with Crippen molar-refractivity contribution >= 4 is 28.3 Å². The van der Waals surface area contributed by atoms with Crippen LogP contribution in [0.4, 0.5) is 29.1 Å². The quantitative estimate of drug-likeness (QED) is 0.416. The number of benzene rings is 1. The van der Waals surface area contributed by atoms with E-state index >= 15 is 0 Å². The predicted octanol–water partition coefficient (Wildman–Crippen LogP) is 2.66. The van der Waals surface area contributed by atoms with Gasteiger partial charge in [-0.3, -0.25) is 14.4 Å². The molecule has 166 valence electrons. The van der Waals surface area contributed by atoms with Crippen LogP contribution in [0.3, 0.4) is 0 Å². The van der Waals surface area contributed by atoms with Gasteiger partial charge in [-0.2, -0.15) is 18.3 Å². The molecule has 2 atom stereocenters. The molecule has 12 heteroatoms. The first-order chi connectivity index (χ1) is 14.4. The number of hydrogen-bond acceptors (Lipinski definition) is 6. The minimum atomic E-state index is -4.68. The highest BCUT2D eigenvalue weighted by Gasteiger charge is 2.33. The number of alkyl halides is 3. The fraction of sp³-hybridized carbons (Fsp3) is 0.316. The van der Waals surface area contributed by atoms with Crippen LogP contribution in [0.25, 0.3) is 10.9 Å². The minimum absolute atomic E-state index is 0.105. The molecule has 1 unspecified atom stereocenters. The van der Waals surface area contributed by atoms with Gasteiger partial charge >= 0.3 is 6.18 Å². The summed E-state index contributed by atoms with van der Waals surface area (Å²) in [5, 5.41) is 17.5. The van der Waals surface area contributed by atoms with Crippen molar-refractivity contribution in [3.63, 3.8) is 0 Å². The van der Waals surface area contributed by atoms with E-state index in [1.54, 1.807) is 7.05 Å². The number of carbonyl (C=O) groups excluding carboxylic acids is 1. The van der Waals surface area contributed by atoms with E-state index in [0.29, 0.717) is 17.0 Å². The zero-order chi connectivity index (χ0) is 23.1. The van der Waals surface area contributed by atoms with Gasteiger partial charge < -0.3 is 16.2 Å². The molecule has 0 spiro atoms. The molecule has 0 fully saturated rings. The number of nitrogen functional groups attached to an aromatic ring is 1. The second kappa shape index (κ2) is 8.12. The maximum Gasteiger partial charge on any atom is 0.416 e. The Hall–Kier alpha value is -3.25. The summed E-state index contributed by atoms with van der Waals surface area (Å²) in [5.74, 6) is -1.74. The number of fused-ring (bicyclic) bond motifs is 1. The van der Waals surface area contributed by atoms with E-state index in [4.69, 9.17) is 5.73 Å². The Balaban J connectivity index is 1.79. The molecule has 0 saturated heterocycles. The normalized spacial score (nSPS) is 14.1. The maximum atomic E-state index is 14.3. The molecule has 0 aliphatic rings. The van der Waals surface area contributed by atoms with Crippen LogP contribution in [0.1, 0.15) is 24.1 Å². The average molecular weight is 440 g/mol. The zero-order valence-electron chi connectivity index (χ0n) is 16.8. The number of aliphatic hydroxyl groups excluding tert-OH is 1. The molecule has 0 radical (unpaired) electrons. The Kier molecular flexibility index (Phi) is 5.87. The fourth-order valence-electron chi connectivity index (χ4n) is 3.16. The van der Waals surface area contributed by atoms with Crippen molar-refractivity contribution in [1.82, 2.24) is 19.7 Å². The van der Waals surface area contributed by atoms with Gasteiger partial charge in [-0.1, -0.05) is 6.07 Å². The number of halogens is 4. The number of pyridine rings is 1. The van der Waals surface area contributed by atoms with E-state index in [2.05, 4.69) is 15.4 Å². The molecular weight excluding hydrogens is 420 g/mol. The maximum absolute atomic E-state index is 14.3. The number of aliphatic hydroxyl groups is 1. The van der Waals surface area contributed by atoms with Crippen LogP contribution in [0.5, 0.6) is 0 Å². The molecule has 2 aromatic heterocycles. The highest BCUT2D eigenvalue weighted by Crippen LogP contribution is 2.32. The first-order valence-corrected chi connectivity index (χ1v) is 9.05. The van der Waals surface area contributed by atoms with Crippen molar-refractivity contribution < 1.29 is 27.5 Å². The fourth-order valence-corrected chi connectivity index (χ4v) is 3.16. The number of likely N-dealkylation sites (N-methyl/N-ethyl adjacent to an activating group) is 1. The first-order valence-electron chi connectivity index (χ1n) is 9.05. The summed E-state index contributed by atoms with van der Waals surface area (Å²) in [4.78, 5) is 17.7. The van der Waals surface area contributed by atoms with Gasteiger partial charge in [0.25, 0.3) is 5.91 Å². The van der Waals surface area contributed by atoms with Crippen LogP contribution < -0.4 is 11.1 Å². The summed E-state index contributed by atoms with van der Waals surface area (Å²) < 4.78 is 54.0. The van der Waals surface area contributed by atoms with E-state index in [9.17, 15) is 27.5 Å². The van der Waals surface area contributed by atoms with Crippen LogP contribution in [-0.4, -0.2) is 44.0 Å². The molecule has 3 aromatic rings. The topological polar surface area (TPSA) is 109 Å². The van der Waals surface area contributed by atoms with E-state index in [1.807, 2.05) is 0 Å². The highest BCUT2D eigenvalue weighted by molar-refractivity contribution is 6.04. The van der Waals surface area contributed by atoms with Crippen LogP contribution in [0, 0.1) is 5.82 Å². The van der Waals surface area contributed by atoms with Crippen molar-refractivity contribution in [2.75, 3.05) is 18.1 Å². The van der Waals surface area contributed by atoms with E-state index in [-0.39, 0.29) is 17.1 Å². The summed E-state index contributed by atoms with van der Waals surface area (Å²) in [6.07, 6.45) is -3.64. The Morgan fingerprint density at radius 3 is 2.61 bits per heavy atom. The van der Waals surface area contributed by atoms with Crippen LogP contribution in [0.2, 0.25) is 0 Å². The molecule has 2 heterocycles. The van der Waals surface area contributed by atoms with Crippen LogP contribution in [0.15, 0.2) is 30.6 Å². The smallest absolute Gasteiger partial charge is 0.382 e. The molecule has 0 saturated carbocycles. The summed E-state index contributed by atoms with van der Waals surface area (Å²) in [6.45, 7) is 1.45. The minimum Gasteiger partial charge on any atom is -0.382 e. The average Bonchev–Trinajstić information content (AvgIpc) is 3.10. The molecule has 0 aliphatic heterocycles. The molecule has 0 bridgehead atoms. The lowest BCUT2D eigenvalue weighted by molar-refractivity contribution is -0.137. The molecule has 1 amide bonds. The standard InChI is InChI=1S/C19H20F4N6O2/c1-9(11-5-4-10(6-13(11)20)19(21,22)23)28(2)18(31)17(30)27-14-8-25-16(24)15-12(14)7-26-29(15)3/h4-9,18,31H,1-3H3,(H2,24,25)(H,27,30)/t9-,18?/m1/s1. The first kappa shape index (κ1) is 22.4. The molecule has 0 aliphatic carbocycles. The van der Waals surface area contributed by atoms with Crippen LogP contribution >= 0.6 is 0 Å². The molecule has 4 N–H and O–H groups in total. The molecule has 31 heavy (non-hydrogen) atoms. The van der Waals surface area contributed by atoms with Gasteiger partial charge in [0.2, 0.25) is 0 Å². The Labute approximate surface area is 174 Å². The number of anilines is 2. The van der Waals surface area contributed by atoms with Gasteiger partial charge in [0.1, 0.15) is 17.2 Å². The lowest BCUT2D eigenvalue weighted by atomic mass is 10.0. The number of aromatic nitrogens is 3. The third-order valence-corrected chi connectivity index (χ3v) is 5.07. The summed E-state index contributed by atoms with van der Waals surface area (Å²) >= 11 is 0. The number of aryl methyl sites for hydroxylation is 1. The summed E-state index contributed by atoms with van der Waals surface area (Å²) in [7, 11) is 2.99. The van der Waals surface area contributed by atoms with Crippen molar-refractivity contribution in [2.24, 2.45) is 7.05 Å². The number of amides is 1. The van der Waals surface area contributed by atoms with Crippen molar-refractivity contribution in [1.29, 1.82) is 0 Å². The lowest BCUT2D eigenvalue weighted by Crippen LogP contribution is -2.43. The second-order valence-corrected chi connectivity index (χ2v) is 7.03. The van der Waals surface area contributed by atoms with E-state index < -0.39 is 35.7 Å². The van der Waals surface area contributed by atoms with Crippen molar-refractivity contribution in [3.8, 4) is 0 Å². The van der Waals surface area contributed by atoms with Crippen molar-refractivity contribution in [3.05, 3.63) is 47.5 Å². The number of nitrogens with two attached hydrogens (primary N) is 1. The van der Waals surface area contributed by atoms with Gasteiger partial charge in [0.05, 0.1) is 23.6 Å². The largest absolute Gasteiger partial charge is 0.416 e. The number of nitrogens with one attached hydrogen (secondary N) is 1. The molecular formula is C19H20F4N6O2. The Morgan fingerprint density at radius 1 is 1.32 bits per heavy atom. The predicted molar refractivity (Wildman–Crippen MR) is 105 cm³/mol. The van der Waals surface area contributed by atoms with Gasteiger partial charge in [0, 0.05) is 24.0 Å². The monoisotopic (exact) mass is 440 g/mol. The third-order valence-electron chi connectivity index (χ3n) is 5.07. The highest BCUT2D eigenvalue weighted by atomic mass is 19.4. The molecule has 8 nitrogen and oxygen atoms in total. The zero-order valence-corrected chi connectivity index (χ0v) is 16.8. The lowest BCUT2D eigenvalue weighted by Gasteiger charge is -2.29. The van der Waals surface area contributed by atoms with E-state index in [0.717, 1.165) is 17.0 Å². The second-order valence-electron chi connectivity index (χ2n) is 7.03. The number of hydrogen-bond donors (Lipinski definition) is 3. The van der Waals surface area contributed by atoms with Gasteiger partial charge in [0.15, 0.2) is 6.23 Å². The number of nitrogens with zero attached hydrogens (tertiary/aromatic N) is 4. The molecule has 3 rings (SSSR count). The third kappa shape index (κ3) is 4.30. The SMILES string of the molecule is C[C@H](c1ccc(C(F)(F)F)cc1F)N(C)C(O)C(=O)Nc1cnc(N)c2c1cnn2C. The number of rotatable bonds is 5. The Bertz CT molecular complexity index is 1130. The van der Waals surface area contributed by atoms with Gasteiger partial charge in [-0.05, 0) is 26.1 Å². The summed E-state index contributed by atoms with van der Waals surface area (Å²) in [5.41, 5.74) is 5.32. The van der Waals surface area contributed by atoms with Crippen molar-refractivity contribution in [2.45, 2.75) is 25.4 Å². The van der Waals surface area contributed by atoms with E-state index in [1.165, 1.54) is 31.0 Å².